The zero-order valence-corrected chi connectivity index (χ0v) is 6.67. The van der Waals surface area contributed by atoms with Crippen molar-refractivity contribution in [3.05, 3.63) is 10.1 Å². The minimum atomic E-state index is -0.779. The first kappa shape index (κ1) is 7.85. The molecule has 10 heavy (non-hydrogen) atoms. The smallest absolute Gasteiger partial charge is 0.266 e. The first-order chi connectivity index (χ1) is 4.55. The summed E-state index contributed by atoms with van der Waals surface area (Å²) in [4.78, 5) is 21.2. The molecule has 1 rings (SSSR count). The Hall–Kier alpha value is -0.250. The second-order valence-electron chi connectivity index (χ2n) is 1.52. The summed E-state index contributed by atoms with van der Waals surface area (Å²) in [7, 11) is 0. The molecule has 0 saturated carbocycles. The van der Waals surface area contributed by atoms with E-state index < -0.39 is 11.8 Å². The van der Waals surface area contributed by atoms with Crippen LogP contribution in [0.5, 0.6) is 0 Å². The summed E-state index contributed by atoms with van der Waals surface area (Å²) >= 11 is 15.6. The van der Waals surface area contributed by atoms with Crippen molar-refractivity contribution in [3.63, 3.8) is 0 Å². The van der Waals surface area contributed by atoms with Crippen LogP contribution < -0.4 is 0 Å². The van der Waals surface area contributed by atoms with E-state index in [2.05, 4.69) is 0 Å². The number of hydrogen-bond acceptors (Lipinski definition) is 2. The van der Waals surface area contributed by atoms with Crippen molar-refractivity contribution in [2.75, 3.05) is 0 Å². The third-order valence-electron chi connectivity index (χ3n) is 0.925. The van der Waals surface area contributed by atoms with Gasteiger partial charge in [0.25, 0.3) is 11.8 Å². The molecule has 0 aromatic rings. The van der Waals surface area contributed by atoms with Gasteiger partial charge in [-0.15, -0.1) is 0 Å². The van der Waals surface area contributed by atoms with Crippen molar-refractivity contribution in [3.8, 4) is 0 Å². The van der Waals surface area contributed by atoms with Crippen LogP contribution >= 0.6 is 35.0 Å². The molecule has 3 nitrogen and oxygen atoms in total. The van der Waals surface area contributed by atoms with Gasteiger partial charge in [0, 0.05) is 11.8 Å². The number of rotatable bonds is 0. The second-order valence-corrected chi connectivity index (χ2v) is 2.61. The van der Waals surface area contributed by atoms with Crippen LogP contribution in [-0.2, 0) is 9.59 Å². The molecule has 0 aromatic carbocycles. The molecule has 6 heteroatoms. The van der Waals surface area contributed by atoms with E-state index in [1.165, 1.54) is 0 Å². The van der Waals surface area contributed by atoms with Crippen LogP contribution in [-0.4, -0.2) is 16.2 Å². The van der Waals surface area contributed by atoms with Crippen LogP contribution in [0.1, 0.15) is 0 Å². The minimum absolute atomic E-state index is 0.332. The van der Waals surface area contributed by atoms with Crippen molar-refractivity contribution < 1.29 is 9.59 Å². The molecule has 2 amide bonds. The first-order valence-corrected chi connectivity index (χ1v) is 3.25. The average Bonchev–Trinajstić information content (AvgIpc) is 2.07. The van der Waals surface area contributed by atoms with Crippen molar-refractivity contribution in [2.24, 2.45) is 0 Å². The number of amides is 2. The van der Waals surface area contributed by atoms with Crippen LogP contribution in [0.2, 0.25) is 0 Å². The first-order valence-electron chi connectivity index (χ1n) is 2.15. The summed E-state index contributed by atoms with van der Waals surface area (Å²) in [5.74, 6) is -1.56. The number of carbonyl (C=O) groups is 2. The highest BCUT2D eigenvalue weighted by molar-refractivity contribution is 6.61. The number of carbonyl (C=O) groups excluding carboxylic acids is 2. The summed E-state index contributed by atoms with van der Waals surface area (Å²) in [5.41, 5.74) is 0. The maximum atomic E-state index is 10.6. The molecule has 0 aliphatic carbocycles. The van der Waals surface area contributed by atoms with Crippen LogP contribution in [0.3, 0.4) is 0 Å². The van der Waals surface area contributed by atoms with E-state index in [1.807, 2.05) is 0 Å². The van der Waals surface area contributed by atoms with Gasteiger partial charge in [0.2, 0.25) is 0 Å². The van der Waals surface area contributed by atoms with Crippen molar-refractivity contribution in [1.29, 1.82) is 0 Å². The van der Waals surface area contributed by atoms with Gasteiger partial charge in [-0.05, 0) is 0 Å². The lowest BCUT2D eigenvalue weighted by atomic mass is 10.5. The molecular weight excluding hydrogens is 200 g/mol. The van der Waals surface area contributed by atoms with Gasteiger partial charge in [-0.1, -0.05) is 23.2 Å². The van der Waals surface area contributed by atoms with Crippen molar-refractivity contribution in [2.45, 2.75) is 0 Å². The second kappa shape index (κ2) is 2.42. The molecular formula is C4Cl3NO2. The Kier molecular flexibility index (Phi) is 1.90. The van der Waals surface area contributed by atoms with E-state index in [1.54, 1.807) is 0 Å². The minimum Gasteiger partial charge on any atom is -0.266 e. The fourth-order valence-corrected chi connectivity index (χ4v) is 1.04. The highest BCUT2D eigenvalue weighted by Crippen LogP contribution is 2.27. The molecule has 0 N–H and O–H groups in total. The van der Waals surface area contributed by atoms with Crippen LogP contribution in [0, 0.1) is 0 Å². The van der Waals surface area contributed by atoms with Crippen molar-refractivity contribution in [1.82, 2.24) is 4.42 Å². The molecule has 0 saturated heterocycles. The largest absolute Gasteiger partial charge is 0.288 e. The van der Waals surface area contributed by atoms with E-state index in [0.717, 1.165) is 0 Å². The third kappa shape index (κ3) is 0.905. The maximum absolute atomic E-state index is 10.6. The lowest BCUT2D eigenvalue weighted by Gasteiger charge is -1.98. The van der Waals surface area contributed by atoms with E-state index in [4.69, 9.17) is 35.0 Å². The SMILES string of the molecule is O=C1C(Cl)=C(Cl)C(=O)N1Cl. The molecule has 0 bridgehead atoms. The molecule has 0 atom stereocenters. The Morgan fingerprint density at radius 1 is 1.00 bits per heavy atom. The molecule has 1 aliphatic rings. The standard InChI is InChI=1S/C4Cl3NO2/c5-1-2(6)4(10)8(7)3(1)9. The molecule has 0 fully saturated rings. The summed E-state index contributed by atoms with van der Waals surface area (Å²) in [6, 6.07) is 0. The molecule has 0 aromatic heterocycles. The number of hydrogen-bond donors (Lipinski definition) is 0. The quantitative estimate of drug-likeness (QED) is 0.435. The van der Waals surface area contributed by atoms with Gasteiger partial charge in [0.15, 0.2) is 0 Å². The van der Waals surface area contributed by atoms with E-state index in [9.17, 15) is 9.59 Å². The van der Waals surface area contributed by atoms with Gasteiger partial charge in [-0.25, -0.2) is 0 Å². The predicted octanol–water partition coefficient (Wildman–Crippen LogP) is 1.20. The molecule has 0 unspecified atom stereocenters. The van der Waals surface area contributed by atoms with Crippen LogP contribution in [0.25, 0.3) is 0 Å². The van der Waals surface area contributed by atoms with Crippen LogP contribution in [0.15, 0.2) is 10.1 Å². The molecule has 1 aliphatic heterocycles. The Labute approximate surface area is 71.2 Å². The Morgan fingerprint density at radius 2 is 1.30 bits per heavy atom. The molecule has 54 valence electrons. The summed E-state index contributed by atoms with van der Waals surface area (Å²) in [6.07, 6.45) is 0. The van der Waals surface area contributed by atoms with Gasteiger partial charge >= 0.3 is 0 Å². The zero-order valence-electron chi connectivity index (χ0n) is 4.40. The summed E-state index contributed by atoms with van der Waals surface area (Å²) in [6.45, 7) is 0. The topological polar surface area (TPSA) is 37.4 Å². The Morgan fingerprint density at radius 3 is 1.40 bits per heavy atom. The number of nitrogens with zero attached hydrogens (tertiary/aromatic N) is 1. The van der Waals surface area contributed by atoms with Gasteiger partial charge in [-0.3, -0.25) is 9.59 Å². The van der Waals surface area contributed by atoms with Crippen LogP contribution in [0.4, 0.5) is 0 Å². The lowest BCUT2D eigenvalue weighted by molar-refractivity contribution is -0.131. The van der Waals surface area contributed by atoms with Gasteiger partial charge in [0.1, 0.15) is 10.1 Å². The van der Waals surface area contributed by atoms with E-state index in [0.29, 0.717) is 4.42 Å². The number of imide groups is 1. The monoisotopic (exact) mass is 199 g/mol. The molecule has 0 spiro atoms. The zero-order chi connectivity index (χ0) is 7.89. The average molecular weight is 200 g/mol. The molecule has 1 heterocycles. The number of halogens is 3. The van der Waals surface area contributed by atoms with Gasteiger partial charge in [0.05, 0.1) is 0 Å². The fraction of sp³-hybridized carbons (Fsp3) is 0. The Bertz CT molecular complexity index is 223. The summed E-state index contributed by atoms with van der Waals surface area (Å²) in [5, 5.41) is -0.664. The molecule has 0 radical (unpaired) electrons. The fourth-order valence-electron chi connectivity index (χ4n) is 0.452. The lowest BCUT2D eigenvalue weighted by Crippen LogP contribution is -2.20. The predicted molar refractivity (Wildman–Crippen MR) is 36.4 cm³/mol. The summed E-state index contributed by atoms with van der Waals surface area (Å²) < 4.78 is 0.338. The normalized spacial score (nSPS) is 19.3. The van der Waals surface area contributed by atoms with Gasteiger partial charge in [-0.2, -0.15) is 4.42 Å². The van der Waals surface area contributed by atoms with E-state index >= 15 is 0 Å². The maximum Gasteiger partial charge on any atom is 0.288 e. The van der Waals surface area contributed by atoms with Gasteiger partial charge < -0.3 is 0 Å². The third-order valence-corrected chi connectivity index (χ3v) is 2.03. The highest BCUT2D eigenvalue weighted by Gasteiger charge is 2.35. The Balaban J connectivity index is 3.11. The van der Waals surface area contributed by atoms with Crippen molar-refractivity contribution >= 4 is 46.8 Å². The van der Waals surface area contributed by atoms with E-state index in [-0.39, 0.29) is 10.1 Å². The highest BCUT2D eigenvalue weighted by atomic mass is 35.5.